The molecule has 3 N–H and O–H groups in total. The Morgan fingerprint density at radius 2 is 1.42 bits per heavy atom. The number of amides is 2. The summed E-state index contributed by atoms with van der Waals surface area (Å²) in [6.07, 6.45) is 1.89. The van der Waals surface area contributed by atoms with Gasteiger partial charge in [-0.15, -0.1) is 0 Å². The van der Waals surface area contributed by atoms with Crippen molar-refractivity contribution in [1.82, 2.24) is 16.2 Å². The van der Waals surface area contributed by atoms with Crippen molar-refractivity contribution in [2.24, 2.45) is 0 Å². The summed E-state index contributed by atoms with van der Waals surface area (Å²) in [7, 11) is 0. The van der Waals surface area contributed by atoms with Gasteiger partial charge in [-0.1, -0.05) is 86.1 Å². The van der Waals surface area contributed by atoms with Crippen molar-refractivity contribution in [2.45, 2.75) is 25.7 Å². The fourth-order valence-electron chi connectivity index (χ4n) is 3.28. The van der Waals surface area contributed by atoms with Crippen molar-refractivity contribution < 1.29 is 14.3 Å². The fourth-order valence-corrected chi connectivity index (χ4v) is 3.43. The number of nitrogens with one attached hydrogen (secondary N) is 3. The molecular formula is C26H27N3O3S. The van der Waals surface area contributed by atoms with E-state index in [1.165, 1.54) is 0 Å². The number of hydrazine groups is 1. The summed E-state index contributed by atoms with van der Waals surface area (Å²) in [6, 6.07) is 25.9. The maximum atomic E-state index is 13.0. The van der Waals surface area contributed by atoms with Gasteiger partial charge >= 0.3 is 0 Å². The largest absolute Gasteiger partial charge is 0.493 e. The van der Waals surface area contributed by atoms with Gasteiger partial charge in [0.2, 0.25) is 5.91 Å². The molecule has 6 nitrogen and oxygen atoms in total. The summed E-state index contributed by atoms with van der Waals surface area (Å²) >= 11 is 5.22. The summed E-state index contributed by atoms with van der Waals surface area (Å²) in [6.45, 7) is 2.60. The monoisotopic (exact) mass is 461 g/mol. The molecule has 0 saturated heterocycles. The zero-order valence-electron chi connectivity index (χ0n) is 18.4. The minimum Gasteiger partial charge on any atom is -0.493 e. The van der Waals surface area contributed by atoms with Gasteiger partial charge in [0.25, 0.3) is 5.91 Å². The molecule has 0 unspecified atom stereocenters. The zero-order valence-corrected chi connectivity index (χ0v) is 19.2. The molecule has 0 spiro atoms. The third-order valence-corrected chi connectivity index (χ3v) is 5.15. The van der Waals surface area contributed by atoms with Gasteiger partial charge < -0.3 is 4.74 Å². The van der Waals surface area contributed by atoms with Crippen molar-refractivity contribution in [1.29, 1.82) is 0 Å². The first kappa shape index (κ1) is 23.9. The average Bonchev–Trinajstić information content (AvgIpc) is 2.85. The zero-order chi connectivity index (χ0) is 23.5. The second-order valence-electron chi connectivity index (χ2n) is 7.35. The predicted molar refractivity (Wildman–Crippen MR) is 133 cm³/mol. The second-order valence-corrected chi connectivity index (χ2v) is 7.76. The van der Waals surface area contributed by atoms with E-state index in [0.717, 1.165) is 24.0 Å². The van der Waals surface area contributed by atoms with E-state index in [4.69, 9.17) is 17.0 Å². The lowest BCUT2D eigenvalue weighted by atomic mass is 9.91. The molecule has 7 heteroatoms. The third kappa shape index (κ3) is 6.89. The van der Waals surface area contributed by atoms with Gasteiger partial charge in [-0.05, 0) is 41.9 Å². The number of para-hydroxylation sites is 1. The predicted octanol–water partition coefficient (Wildman–Crippen LogP) is 4.33. The van der Waals surface area contributed by atoms with Crippen molar-refractivity contribution in [3.8, 4) is 5.75 Å². The van der Waals surface area contributed by atoms with E-state index in [0.29, 0.717) is 17.9 Å². The lowest BCUT2D eigenvalue weighted by molar-refractivity contribution is -0.122. The maximum Gasteiger partial charge on any atom is 0.261 e. The van der Waals surface area contributed by atoms with Crippen LogP contribution >= 0.6 is 12.2 Å². The number of unbranched alkanes of at least 4 members (excludes halogenated alkanes) is 1. The van der Waals surface area contributed by atoms with Crippen LogP contribution in [0.4, 0.5) is 0 Å². The molecule has 0 bridgehead atoms. The second kappa shape index (κ2) is 12.4. The van der Waals surface area contributed by atoms with Crippen LogP contribution in [-0.4, -0.2) is 23.5 Å². The summed E-state index contributed by atoms with van der Waals surface area (Å²) in [5.74, 6) is -0.765. The molecule has 0 aromatic heterocycles. The Morgan fingerprint density at radius 1 is 0.848 bits per heavy atom. The van der Waals surface area contributed by atoms with E-state index in [2.05, 4.69) is 23.1 Å². The quantitative estimate of drug-likeness (QED) is 0.264. The highest BCUT2D eigenvalue weighted by atomic mass is 32.1. The standard InChI is InChI=1S/C26H27N3O3S/c1-2-3-18-32-22-17-11-10-16-21(22)24(30)27-26(33)29-28-25(31)23(19-12-6-4-7-13-19)20-14-8-5-9-15-20/h4-17,23H,2-3,18H2,1H3,(H,28,31)(H2,27,29,30,33). The van der Waals surface area contributed by atoms with Gasteiger partial charge in [-0.2, -0.15) is 0 Å². The van der Waals surface area contributed by atoms with E-state index in [1.807, 2.05) is 66.7 Å². The first-order valence-electron chi connectivity index (χ1n) is 10.8. The highest BCUT2D eigenvalue weighted by Gasteiger charge is 2.23. The number of ether oxygens (including phenoxy) is 1. The average molecular weight is 462 g/mol. The Bertz CT molecular complexity index is 1030. The molecular weight excluding hydrogens is 434 g/mol. The highest BCUT2D eigenvalue weighted by molar-refractivity contribution is 7.80. The minimum absolute atomic E-state index is 0.0171. The topological polar surface area (TPSA) is 79.5 Å². The molecule has 0 aliphatic heterocycles. The fraction of sp³-hybridized carbons (Fsp3) is 0.192. The number of thiocarbonyl (C=S) groups is 1. The van der Waals surface area contributed by atoms with Crippen LogP contribution in [-0.2, 0) is 4.79 Å². The van der Waals surface area contributed by atoms with Gasteiger partial charge in [-0.3, -0.25) is 25.8 Å². The summed E-state index contributed by atoms with van der Waals surface area (Å²) < 4.78 is 5.71. The van der Waals surface area contributed by atoms with Gasteiger partial charge in [-0.25, -0.2) is 0 Å². The van der Waals surface area contributed by atoms with E-state index < -0.39 is 11.8 Å². The van der Waals surface area contributed by atoms with Gasteiger partial charge in [0.05, 0.1) is 18.1 Å². The molecule has 0 aliphatic rings. The van der Waals surface area contributed by atoms with Crippen LogP contribution in [0.1, 0.15) is 47.2 Å². The molecule has 0 fully saturated rings. The Hall–Kier alpha value is -3.71. The van der Waals surface area contributed by atoms with Gasteiger partial charge in [0, 0.05) is 0 Å². The van der Waals surface area contributed by atoms with Gasteiger partial charge in [0.1, 0.15) is 5.75 Å². The van der Waals surface area contributed by atoms with Crippen LogP contribution in [0.3, 0.4) is 0 Å². The molecule has 3 rings (SSSR count). The Labute approximate surface area is 199 Å². The first-order chi connectivity index (χ1) is 16.1. The molecule has 170 valence electrons. The molecule has 33 heavy (non-hydrogen) atoms. The van der Waals surface area contributed by atoms with E-state index >= 15 is 0 Å². The Kier molecular flexibility index (Phi) is 8.97. The number of carbonyl (C=O) groups is 2. The molecule has 0 radical (unpaired) electrons. The molecule has 0 aliphatic carbocycles. The summed E-state index contributed by atoms with van der Waals surface area (Å²) in [4.78, 5) is 25.7. The normalized spacial score (nSPS) is 10.4. The highest BCUT2D eigenvalue weighted by Crippen LogP contribution is 2.24. The smallest absolute Gasteiger partial charge is 0.261 e. The molecule has 0 saturated carbocycles. The van der Waals surface area contributed by atoms with Gasteiger partial charge in [0.15, 0.2) is 5.11 Å². The Balaban J connectivity index is 1.63. The maximum absolute atomic E-state index is 13.0. The van der Waals surface area contributed by atoms with Crippen LogP contribution in [0.5, 0.6) is 5.75 Å². The van der Waals surface area contributed by atoms with E-state index in [9.17, 15) is 9.59 Å². The number of rotatable bonds is 8. The van der Waals surface area contributed by atoms with Crippen LogP contribution in [0, 0.1) is 0 Å². The van der Waals surface area contributed by atoms with Crippen molar-refractivity contribution >= 4 is 29.1 Å². The number of hydrogen-bond acceptors (Lipinski definition) is 4. The van der Waals surface area contributed by atoms with Crippen LogP contribution < -0.4 is 20.9 Å². The number of benzene rings is 3. The SMILES string of the molecule is CCCCOc1ccccc1C(=O)NC(=S)NNC(=O)C(c1ccccc1)c1ccccc1. The molecule has 2 amide bonds. The first-order valence-corrected chi connectivity index (χ1v) is 11.2. The minimum atomic E-state index is -0.536. The van der Waals surface area contributed by atoms with E-state index in [-0.39, 0.29) is 11.0 Å². The lowest BCUT2D eigenvalue weighted by Gasteiger charge is -2.19. The lowest BCUT2D eigenvalue weighted by Crippen LogP contribution is -2.49. The molecule has 3 aromatic carbocycles. The summed E-state index contributed by atoms with van der Waals surface area (Å²) in [5.41, 5.74) is 7.31. The Morgan fingerprint density at radius 3 is 2.03 bits per heavy atom. The van der Waals surface area contributed by atoms with Crippen LogP contribution in [0.15, 0.2) is 84.9 Å². The van der Waals surface area contributed by atoms with Crippen LogP contribution in [0.25, 0.3) is 0 Å². The molecule has 3 aromatic rings. The number of carbonyl (C=O) groups excluding carboxylic acids is 2. The van der Waals surface area contributed by atoms with E-state index in [1.54, 1.807) is 18.2 Å². The molecule has 0 heterocycles. The van der Waals surface area contributed by atoms with Crippen LogP contribution in [0.2, 0.25) is 0 Å². The molecule has 0 atom stereocenters. The van der Waals surface area contributed by atoms with Crippen molar-refractivity contribution in [3.63, 3.8) is 0 Å². The number of hydrogen-bond donors (Lipinski definition) is 3. The van der Waals surface area contributed by atoms with Crippen molar-refractivity contribution in [3.05, 3.63) is 102 Å². The summed E-state index contributed by atoms with van der Waals surface area (Å²) in [5, 5.41) is 2.57. The third-order valence-electron chi connectivity index (χ3n) is 4.94. The van der Waals surface area contributed by atoms with Crippen molar-refractivity contribution in [2.75, 3.05) is 6.61 Å².